The van der Waals surface area contributed by atoms with Gasteiger partial charge in [-0.3, -0.25) is 0 Å². The molecule has 1 aromatic carbocycles. The van der Waals surface area contributed by atoms with Crippen molar-refractivity contribution in [2.75, 3.05) is 0 Å². The van der Waals surface area contributed by atoms with Crippen LogP contribution in [0, 0.1) is 0 Å². The fourth-order valence-electron chi connectivity index (χ4n) is 0.677. The minimum atomic E-state index is 0. The molecule has 4 nitrogen and oxygen atoms in total. The Labute approximate surface area is 80.9 Å². The van der Waals surface area contributed by atoms with Gasteiger partial charge < -0.3 is 16.4 Å². The van der Waals surface area contributed by atoms with Gasteiger partial charge in [0.25, 0.3) is 0 Å². The maximum atomic E-state index is 9.09. The van der Waals surface area contributed by atoms with Gasteiger partial charge in [-0.05, 0) is 12.1 Å². The molecule has 0 atom stereocenters. The molecule has 1 radical (unpaired) electrons. The van der Waals surface area contributed by atoms with Crippen LogP contribution < -0.4 is 5.84 Å². The molecule has 0 aliphatic rings. The van der Waals surface area contributed by atoms with Crippen molar-refractivity contribution in [3.8, 4) is 5.75 Å². The molecular weight excluding hydrogens is 199 g/mol. The van der Waals surface area contributed by atoms with E-state index in [-0.39, 0.29) is 28.3 Å². The molecule has 0 aliphatic heterocycles. The summed E-state index contributed by atoms with van der Waals surface area (Å²) in [6.45, 7) is 0. The number of aromatic hydroxyl groups is 1. The summed E-state index contributed by atoms with van der Waals surface area (Å²) in [5, 5.41) is 12.4. The number of rotatable bonds is 1. The van der Waals surface area contributed by atoms with Gasteiger partial charge in [-0.15, -0.1) is 0 Å². The summed E-state index contributed by atoms with van der Waals surface area (Å²) in [7, 11) is 0. The molecule has 5 N–H and O–H groups in total. The van der Waals surface area contributed by atoms with E-state index in [0.717, 1.165) is 0 Å². The SMILES string of the molecule is N/N=C/c1ccccc1O.O.[Mn]. The van der Waals surface area contributed by atoms with Crippen molar-refractivity contribution >= 4 is 6.21 Å². The van der Waals surface area contributed by atoms with E-state index in [2.05, 4.69) is 5.10 Å². The van der Waals surface area contributed by atoms with Crippen LogP contribution in [-0.4, -0.2) is 16.8 Å². The first-order valence-corrected chi connectivity index (χ1v) is 2.86. The van der Waals surface area contributed by atoms with Gasteiger partial charge >= 0.3 is 0 Å². The number of hydrazone groups is 1. The van der Waals surface area contributed by atoms with Crippen molar-refractivity contribution < 1.29 is 27.7 Å². The fourth-order valence-corrected chi connectivity index (χ4v) is 0.677. The Morgan fingerprint density at radius 2 is 1.92 bits per heavy atom. The molecule has 0 unspecified atom stereocenters. The molecule has 0 bridgehead atoms. The fraction of sp³-hybridized carbons (Fsp3) is 0. The molecule has 67 valence electrons. The Morgan fingerprint density at radius 3 is 2.42 bits per heavy atom. The van der Waals surface area contributed by atoms with Crippen molar-refractivity contribution in [3.63, 3.8) is 0 Å². The van der Waals surface area contributed by atoms with Crippen LogP contribution in [0.5, 0.6) is 5.75 Å². The average molecular weight is 209 g/mol. The smallest absolute Gasteiger partial charge is 0.124 e. The summed E-state index contributed by atoms with van der Waals surface area (Å²) in [4.78, 5) is 0. The number of benzene rings is 1. The van der Waals surface area contributed by atoms with E-state index < -0.39 is 0 Å². The van der Waals surface area contributed by atoms with Gasteiger partial charge in [0.2, 0.25) is 0 Å². The second-order valence-corrected chi connectivity index (χ2v) is 1.84. The van der Waals surface area contributed by atoms with Crippen LogP contribution in [0.25, 0.3) is 0 Å². The Bertz CT molecular complexity index is 253. The molecule has 0 saturated heterocycles. The van der Waals surface area contributed by atoms with Crippen molar-refractivity contribution in [2.45, 2.75) is 0 Å². The molecule has 5 heteroatoms. The quantitative estimate of drug-likeness (QED) is 0.291. The number of hydrogen-bond acceptors (Lipinski definition) is 3. The van der Waals surface area contributed by atoms with Gasteiger partial charge in [0.15, 0.2) is 0 Å². The molecule has 0 aromatic heterocycles. The van der Waals surface area contributed by atoms with Crippen LogP contribution in [-0.2, 0) is 17.1 Å². The molecule has 0 spiro atoms. The van der Waals surface area contributed by atoms with E-state index in [1.165, 1.54) is 6.21 Å². The maximum absolute atomic E-state index is 9.09. The second-order valence-electron chi connectivity index (χ2n) is 1.84. The predicted octanol–water partition coefficient (Wildman–Crippen LogP) is -0.142. The summed E-state index contributed by atoms with van der Waals surface area (Å²) < 4.78 is 0. The van der Waals surface area contributed by atoms with E-state index >= 15 is 0 Å². The molecule has 0 fully saturated rings. The summed E-state index contributed by atoms with van der Waals surface area (Å²) in [5.41, 5.74) is 0.630. The number of hydrogen-bond donors (Lipinski definition) is 2. The van der Waals surface area contributed by atoms with E-state index in [4.69, 9.17) is 10.9 Å². The van der Waals surface area contributed by atoms with Crippen LogP contribution >= 0.6 is 0 Å². The predicted molar refractivity (Wildman–Crippen MR) is 43.5 cm³/mol. The van der Waals surface area contributed by atoms with Gasteiger partial charge in [-0.2, -0.15) is 5.10 Å². The third-order valence-electron chi connectivity index (χ3n) is 1.15. The van der Waals surface area contributed by atoms with Crippen molar-refractivity contribution in [1.29, 1.82) is 0 Å². The van der Waals surface area contributed by atoms with Crippen LogP contribution in [0.2, 0.25) is 0 Å². The topological polar surface area (TPSA) is 90.1 Å². The Kier molecular flexibility index (Phi) is 7.53. The van der Waals surface area contributed by atoms with Gasteiger partial charge in [0, 0.05) is 22.6 Å². The average Bonchev–Trinajstić information content (AvgIpc) is 1.94. The Morgan fingerprint density at radius 1 is 1.33 bits per heavy atom. The van der Waals surface area contributed by atoms with E-state index in [1.54, 1.807) is 24.3 Å². The van der Waals surface area contributed by atoms with Gasteiger partial charge in [0.1, 0.15) is 5.75 Å². The van der Waals surface area contributed by atoms with Crippen molar-refractivity contribution in [1.82, 2.24) is 0 Å². The maximum Gasteiger partial charge on any atom is 0.124 e. The van der Waals surface area contributed by atoms with E-state index in [1.807, 2.05) is 0 Å². The summed E-state index contributed by atoms with van der Waals surface area (Å²) >= 11 is 0. The minimum Gasteiger partial charge on any atom is -0.507 e. The van der Waals surface area contributed by atoms with Crippen LogP contribution in [0.15, 0.2) is 29.4 Å². The molecular formula is C7H10MnN2O2. The van der Waals surface area contributed by atoms with Gasteiger partial charge in [0.05, 0.1) is 6.21 Å². The summed E-state index contributed by atoms with van der Waals surface area (Å²) in [6, 6.07) is 6.85. The number of phenols is 1. The normalized spacial score (nSPS) is 8.67. The molecule has 0 saturated carbocycles. The zero-order valence-electron chi connectivity index (χ0n) is 6.24. The third kappa shape index (κ3) is 3.39. The Hall–Kier alpha value is -1.03. The standard InChI is InChI=1S/C7H8N2O.Mn.H2O/c8-9-5-6-3-1-2-4-7(6)10;;/h1-5,10H,8H2;;1H2/b9-5+;;. The number of phenolic OH excluding ortho intramolecular Hbond substituents is 1. The van der Waals surface area contributed by atoms with Crippen LogP contribution in [0.1, 0.15) is 5.56 Å². The van der Waals surface area contributed by atoms with Gasteiger partial charge in [-0.25, -0.2) is 0 Å². The third-order valence-corrected chi connectivity index (χ3v) is 1.15. The van der Waals surface area contributed by atoms with Crippen molar-refractivity contribution in [3.05, 3.63) is 29.8 Å². The number of nitrogens with two attached hydrogens (primary N) is 1. The van der Waals surface area contributed by atoms with E-state index in [9.17, 15) is 0 Å². The van der Waals surface area contributed by atoms with Gasteiger partial charge in [-0.1, -0.05) is 12.1 Å². The number of nitrogens with zero attached hydrogens (tertiary/aromatic N) is 1. The first-order valence-electron chi connectivity index (χ1n) is 2.86. The molecule has 0 heterocycles. The monoisotopic (exact) mass is 209 g/mol. The van der Waals surface area contributed by atoms with Crippen LogP contribution in [0.3, 0.4) is 0 Å². The summed E-state index contributed by atoms with van der Waals surface area (Å²) in [5.74, 6) is 5.08. The van der Waals surface area contributed by atoms with Crippen LogP contribution in [0.4, 0.5) is 0 Å². The van der Waals surface area contributed by atoms with E-state index in [0.29, 0.717) is 5.56 Å². The number of para-hydroxylation sites is 1. The first kappa shape index (κ1) is 13.6. The molecule has 1 rings (SSSR count). The van der Waals surface area contributed by atoms with Crippen molar-refractivity contribution in [2.24, 2.45) is 10.9 Å². The molecule has 0 aliphatic carbocycles. The zero-order valence-corrected chi connectivity index (χ0v) is 7.42. The Balaban J connectivity index is 0. The first-order chi connectivity index (χ1) is 4.84. The molecule has 0 amide bonds. The zero-order chi connectivity index (χ0) is 7.40. The summed E-state index contributed by atoms with van der Waals surface area (Å²) in [6.07, 6.45) is 1.40. The largest absolute Gasteiger partial charge is 0.507 e. The minimum absolute atomic E-state index is 0. The second kappa shape index (κ2) is 6.67. The molecule has 12 heavy (non-hydrogen) atoms. The molecule has 1 aromatic rings.